The molecule has 5 nitrogen and oxygen atoms in total. The quantitative estimate of drug-likeness (QED) is 0.819. The minimum atomic E-state index is -4.40. The maximum Gasteiger partial charge on any atom is 0.416 e. The van der Waals surface area contributed by atoms with Crippen molar-refractivity contribution >= 4 is 29.3 Å². The summed E-state index contributed by atoms with van der Waals surface area (Å²) >= 11 is 0. The zero-order valence-corrected chi connectivity index (χ0v) is 13.3. The lowest BCUT2D eigenvalue weighted by Gasteiger charge is -2.18. The number of rotatable bonds is 3. The Hall–Kier alpha value is -3.29. The van der Waals surface area contributed by atoms with Gasteiger partial charge >= 0.3 is 6.18 Å². The van der Waals surface area contributed by atoms with Gasteiger partial charge in [-0.15, -0.1) is 0 Å². The van der Waals surface area contributed by atoms with Gasteiger partial charge in [0, 0.05) is 11.8 Å². The molecule has 1 aliphatic rings. The predicted molar refractivity (Wildman–Crippen MR) is 89.7 cm³/mol. The van der Waals surface area contributed by atoms with E-state index in [9.17, 15) is 22.8 Å². The number of carbonyl (C=O) groups is 2. The van der Waals surface area contributed by atoms with Crippen molar-refractivity contribution in [2.75, 3.05) is 17.2 Å². The fourth-order valence-electron chi connectivity index (χ4n) is 2.30. The molecule has 0 fully saturated rings. The Labute approximate surface area is 146 Å². The van der Waals surface area contributed by atoms with Gasteiger partial charge in [-0.3, -0.25) is 9.59 Å². The predicted octanol–water partition coefficient (Wildman–Crippen LogP) is 3.69. The minimum Gasteiger partial charge on any atom is -0.482 e. The van der Waals surface area contributed by atoms with E-state index in [0.717, 1.165) is 12.1 Å². The third-order valence-corrected chi connectivity index (χ3v) is 3.55. The summed E-state index contributed by atoms with van der Waals surface area (Å²) in [6.45, 7) is -0.0609. The Kier molecular flexibility index (Phi) is 4.66. The number of amides is 2. The highest BCUT2D eigenvalue weighted by Crippen LogP contribution is 2.31. The van der Waals surface area contributed by atoms with E-state index >= 15 is 0 Å². The molecule has 26 heavy (non-hydrogen) atoms. The van der Waals surface area contributed by atoms with Crippen LogP contribution in [-0.2, 0) is 15.8 Å². The SMILES string of the molecule is O=C(/C=C/c1ccc(C(F)(F)F)cc1)Nc1ccc2c(c1)NC(=O)CO2. The number of alkyl halides is 3. The molecule has 0 saturated carbocycles. The number of anilines is 2. The molecular formula is C18H13F3N2O3. The molecule has 0 atom stereocenters. The van der Waals surface area contributed by atoms with E-state index in [0.29, 0.717) is 22.7 Å². The van der Waals surface area contributed by atoms with E-state index in [1.54, 1.807) is 18.2 Å². The summed E-state index contributed by atoms with van der Waals surface area (Å²) in [6.07, 6.45) is -1.79. The number of carbonyl (C=O) groups excluding carboxylic acids is 2. The first-order chi connectivity index (χ1) is 12.3. The average Bonchev–Trinajstić information content (AvgIpc) is 2.59. The van der Waals surface area contributed by atoms with Crippen molar-refractivity contribution in [1.29, 1.82) is 0 Å². The summed E-state index contributed by atoms with van der Waals surface area (Å²) in [6, 6.07) is 9.23. The number of benzene rings is 2. The maximum absolute atomic E-state index is 12.5. The van der Waals surface area contributed by atoms with Gasteiger partial charge in [0.2, 0.25) is 5.91 Å². The number of hydrogen-bond donors (Lipinski definition) is 2. The van der Waals surface area contributed by atoms with E-state index in [1.165, 1.54) is 24.3 Å². The number of hydrogen-bond acceptors (Lipinski definition) is 3. The summed E-state index contributed by atoms with van der Waals surface area (Å²) < 4.78 is 42.7. The van der Waals surface area contributed by atoms with Gasteiger partial charge in [0.1, 0.15) is 5.75 Å². The fourth-order valence-corrected chi connectivity index (χ4v) is 2.30. The van der Waals surface area contributed by atoms with Crippen LogP contribution < -0.4 is 15.4 Å². The van der Waals surface area contributed by atoms with Crippen molar-refractivity contribution in [3.05, 3.63) is 59.7 Å². The molecule has 1 heterocycles. The Morgan fingerprint density at radius 1 is 1.15 bits per heavy atom. The van der Waals surface area contributed by atoms with Gasteiger partial charge in [-0.1, -0.05) is 12.1 Å². The Bertz CT molecular complexity index is 874. The van der Waals surface area contributed by atoms with Crippen LogP contribution in [-0.4, -0.2) is 18.4 Å². The molecule has 2 aromatic carbocycles. The largest absolute Gasteiger partial charge is 0.482 e. The maximum atomic E-state index is 12.5. The van der Waals surface area contributed by atoms with Crippen LogP contribution in [0, 0.1) is 0 Å². The highest BCUT2D eigenvalue weighted by molar-refractivity contribution is 6.03. The van der Waals surface area contributed by atoms with Crippen LogP contribution in [0.5, 0.6) is 5.75 Å². The lowest BCUT2D eigenvalue weighted by molar-refractivity contribution is -0.137. The molecule has 0 spiro atoms. The van der Waals surface area contributed by atoms with E-state index < -0.39 is 17.6 Å². The van der Waals surface area contributed by atoms with Gasteiger partial charge in [0.25, 0.3) is 5.91 Å². The van der Waals surface area contributed by atoms with Crippen LogP contribution >= 0.6 is 0 Å². The topological polar surface area (TPSA) is 67.4 Å². The first kappa shape index (κ1) is 17.5. The van der Waals surface area contributed by atoms with Crippen LogP contribution in [0.2, 0.25) is 0 Å². The molecule has 3 rings (SSSR count). The molecule has 134 valence electrons. The molecule has 8 heteroatoms. The van der Waals surface area contributed by atoms with E-state index in [2.05, 4.69) is 10.6 Å². The van der Waals surface area contributed by atoms with Crippen LogP contribution in [0.15, 0.2) is 48.5 Å². The van der Waals surface area contributed by atoms with Crippen molar-refractivity contribution in [3.8, 4) is 5.75 Å². The zero-order valence-electron chi connectivity index (χ0n) is 13.3. The van der Waals surface area contributed by atoms with E-state index in [-0.39, 0.29) is 12.5 Å². The number of nitrogens with one attached hydrogen (secondary N) is 2. The lowest BCUT2D eigenvalue weighted by Crippen LogP contribution is -2.25. The molecule has 0 aromatic heterocycles. The normalized spacial score (nSPS) is 13.7. The summed E-state index contributed by atoms with van der Waals surface area (Å²) in [5.74, 6) is -0.251. The minimum absolute atomic E-state index is 0.0609. The number of ether oxygens (including phenoxy) is 1. The monoisotopic (exact) mass is 362 g/mol. The van der Waals surface area contributed by atoms with Gasteiger partial charge in [0.05, 0.1) is 11.3 Å². The van der Waals surface area contributed by atoms with Gasteiger partial charge < -0.3 is 15.4 Å². The smallest absolute Gasteiger partial charge is 0.416 e. The van der Waals surface area contributed by atoms with Crippen LogP contribution in [0.1, 0.15) is 11.1 Å². The van der Waals surface area contributed by atoms with E-state index in [1.807, 2.05) is 0 Å². The second-order valence-electron chi connectivity index (χ2n) is 5.49. The van der Waals surface area contributed by atoms with Crippen molar-refractivity contribution < 1.29 is 27.5 Å². The lowest BCUT2D eigenvalue weighted by atomic mass is 10.1. The molecule has 2 aromatic rings. The second kappa shape index (κ2) is 6.91. The first-order valence-corrected chi connectivity index (χ1v) is 7.54. The first-order valence-electron chi connectivity index (χ1n) is 7.54. The van der Waals surface area contributed by atoms with Gasteiger partial charge in [-0.2, -0.15) is 13.2 Å². The van der Waals surface area contributed by atoms with E-state index in [4.69, 9.17) is 4.74 Å². The summed E-state index contributed by atoms with van der Waals surface area (Å²) in [7, 11) is 0. The second-order valence-corrected chi connectivity index (χ2v) is 5.49. The van der Waals surface area contributed by atoms with Crippen molar-refractivity contribution in [1.82, 2.24) is 0 Å². The Morgan fingerprint density at radius 2 is 1.88 bits per heavy atom. The third-order valence-electron chi connectivity index (χ3n) is 3.55. The van der Waals surface area contributed by atoms with Crippen molar-refractivity contribution in [2.45, 2.75) is 6.18 Å². The van der Waals surface area contributed by atoms with Gasteiger partial charge in [0.15, 0.2) is 6.61 Å². The summed E-state index contributed by atoms with van der Waals surface area (Å²) in [5, 5.41) is 5.22. The zero-order chi connectivity index (χ0) is 18.7. The summed E-state index contributed by atoms with van der Waals surface area (Å²) in [4.78, 5) is 23.2. The molecule has 2 N–H and O–H groups in total. The highest BCUT2D eigenvalue weighted by atomic mass is 19.4. The molecule has 0 unspecified atom stereocenters. The Morgan fingerprint density at radius 3 is 2.58 bits per heavy atom. The standard InChI is InChI=1S/C18H13F3N2O3/c19-18(20,21)12-4-1-11(2-5-12)3-8-16(24)22-13-6-7-15-14(9-13)23-17(25)10-26-15/h1-9H,10H2,(H,22,24)(H,23,25)/b8-3+. The number of fused-ring (bicyclic) bond motifs is 1. The molecule has 0 aliphatic carbocycles. The van der Waals surface area contributed by atoms with Crippen LogP contribution in [0.3, 0.4) is 0 Å². The highest BCUT2D eigenvalue weighted by Gasteiger charge is 2.29. The molecule has 0 bridgehead atoms. The molecule has 0 radical (unpaired) electrons. The van der Waals surface area contributed by atoms with Crippen LogP contribution in [0.4, 0.5) is 24.5 Å². The number of halogens is 3. The molecular weight excluding hydrogens is 349 g/mol. The third kappa shape index (κ3) is 4.21. The molecule has 2 amide bonds. The fraction of sp³-hybridized carbons (Fsp3) is 0.111. The van der Waals surface area contributed by atoms with Crippen molar-refractivity contribution in [3.63, 3.8) is 0 Å². The van der Waals surface area contributed by atoms with Gasteiger partial charge in [-0.25, -0.2) is 0 Å². The molecule has 0 saturated heterocycles. The van der Waals surface area contributed by atoms with Crippen molar-refractivity contribution in [2.24, 2.45) is 0 Å². The molecule has 1 aliphatic heterocycles. The van der Waals surface area contributed by atoms with Gasteiger partial charge in [-0.05, 0) is 42.0 Å². The average molecular weight is 362 g/mol. The van der Waals surface area contributed by atoms with Crippen LogP contribution in [0.25, 0.3) is 6.08 Å². The summed E-state index contributed by atoms with van der Waals surface area (Å²) in [5.41, 5.74) is 0.596. The Balaban J connectivity index is 1.64.